The summed E-state index contributed by atoms with van der Waals surface area (Å²) < 4.78 is 11.9. The van der Waals surface area contributed by atoms with Crippen LogP contribution in [0, 0.1) is 11.8 Å². The minimum Gasteiger partial charge on any atom is -0.497 e. The molecule has 1 N–H and O–H groups in total. The van der Waals surface area contributed by atoms with E-state index in [-0.39, 0.29) is 31.2 Å². The van der Waals surface area contributed by atoms with E-state index in [0.29, 0.717) is 18.4 Å². The van der Waals surface area contributed by atoms with E-state index < -0.39 is 5.97 Å². The number of piperidine rings is 1. The quantitative estimate of drug-likeness (QED) is 0.265. The topological polar surface area (TPSA) is 59.0 Å². The normalized spacial score (nSPS) is 16.5. The molecule has 0 aromatic heterocycles. The highest BCUT2D eigenvalue weighted by atomic mass is 32.1. The molecule has 1 aliphatic heterocycles. The number of hydrogen-bond donors (Lipinski definition) is 1. The fourth-order valence-corrected chi connectivity index (χ4v) is 5.93. The Hall–Kier alpha value is -3.12. The Morgan fingerprint density at radius 1 is 0.951 bits per heavy atom. The van der Waals surface area contributed by atoms with E-state index >= 15 is 0 Å². The summed E-state index contributed by atoms with van der Waals surface area (Å²) in [6.07, 6.45) is 4.56. The molecule has 5 nitrogen and oxygen atoms in total. The number of carboxylic acids is 1. The molecule has 0 bridgehead atoms. The van der Waals surface area contributed by atoms with Crippen LogP contribution in [0.15, 0.2) is 66.7 Å². The lowest BCUT2D eigenvalue weighted by Gasteiger charge is -2.35. The molecule has 5 rings (SSSR count). The number of rotatable bonds is 10. The monoisotopic (exact) mass is 575 g/mol. The van der Waals surface area contributed by atoms with Gasteiger partial charge < -0.3 is 19.5 Å². The third-order valence-corrected chi connectivity index (χ3v) is 8.58. The third-order valence-electron chi connectivity index (χ3n) is 8.58. The Kier molecular flexibility index (Phi) is 9.96. The van der Waals surface area contributed by atoms with Crippen LogP contribution in [-0.2, 0) is 10.2 Å². The molecule has 3 aromatic carbocycles. The maximum absolute atomic E-state index is 11.4. The zero-order valence-electron chi connectivity index (χ0n) is 24.9. The maximum atomic E-state index is 11.4. The van der Waals surface area contributed by atoms with Gasteiger partial charge in [-0.1, -0.05) is 57.2 Å². The first-order valence-corrected chi connectivity index (χ1v) is 14.7. The van der Waals surface area contributed by atoms with Crippen LogP contribution in [0.1, 0.15) is 69.9 Å². The van der Waals surface area contributed by atoms with E-state index in [9.17, 15) is 9.90 Å². The van der Waals surface area contributed by atoms with Gasteiger partial charge in [0, 0.05) is 30.4 Å². The molecule has 1 heterocycles. The average molecular weight is 576 g/mol. The van der Waals surface area contributed by atoms with Crippen LogP contribution in [0.25, 0.3) is 11.1 Å². The van der Waals surface area contributed by atoms with E-state index in [1.807, 2.05) is 12.1 Å². The molecule has 220 valence electrons. The standard InChI is InChI=1S/C35H43NO4.H2S/c1-35(2,3)28-12-10-25(11-13-28)31-15-14-29(39-4)21-33(31)36-18-16-24(17-19-36)23-40-30-7-5-6-27(20-30)32(22-34(37)38)26-8-9-26;/h5-7,10-15,20-21,24,26,32H,8-9,16-19,22-23H2,1-4H3,(H,37,38);1H2/t32-;/m0./s1. The summed E-state index contributed by atoms with van der Waals surface area (Å²) in [6, 6.07) is 23.5. The maximum Gasteiger partial charge on any atom is 0.303 e. The first kappa shape index (κ1) is 30.8. The summed E-state index contributed by atoms with van der Waals surface area (Å²) >= 11 is 0. The van der Waals surface area contributed by atoms with Crippen LogP contribution in [-0.4, -0.2) is 37.9 Å². The van der Waals surface area contributed by atoms with Gasteiger partial charge in [0.25, 0.3) is 0 Å². The summed E-state index contributed by atoms with van der Waals surface area (Å²) in [7, 11) is 1.73. The molecule has 1 atom stereocenters. The summed E-state index contributed by atoms with van der Waals surface area (Å²) in [4.78, 5) is 13.9. The first-order chi connectivity index (χ1) is 19.2. The molecule has 41 heavy (non-hydrogen) atoms. The van der Waals surface area contributed by atoms with E-state index in [1.165, 1.54) is 22.4 Å². The van der Waals surface area contributed by atoms with Gasteiger partial charge in [0.05, 0.1) is 20.1 Å². The van der Waals surface area contributed by atoms with Gasteiger partial charge in [-0.2, -0.15) is 13.5 Å². The molecule has 1 saturated carbocycles. The largest absolute Gasteiger partial charge is 0.497 e. The Morgan fingerprint density at radius 2 is 1.66 bits per heavy atom. The van der Waals surface area contributed by atoms with Crippen molar-refractivity contribution in [2.24, 2.45) is 11.8 Å². The second kappa shape index (κ2) is 13.2. The van der Waals surface area contributed by atoms with Crippen molar-refractivity contribution >= 4 is 25.2 Å². The molecule has 1 saturated heterocycles. The molecule has 3 aromatic rings. The van der Waals surface area contributed by atoms with Crippen LogP contribution in [0.5, 0.6) is 11.5 Å². The van der Waals surface area contributed by atoms with Crippen LogP contribution in [0.2, 0.25) is 0 Å². The van der Waals surface area contributed by atoms with Crippen LogP contribution < -0.4 is 14.4 Å². The fourth-order valence-electron chi connectivity index (χ4n) is 5.93. The molecule has 6 heteroatoms. The highest BCUT2D eigenvalue weighted by molar-refractivity contribution is 7.59. The Balaban J connectivity index is 0.00000387. The molecule has 0 unspecified atom stereocenters. The molecule has 1 aliphatic carbocycles. The lowest BCUT2D eigenvalue weighted by atomic mass is 9.86. The highest BCUT2D eigenvalue weighted by Crippen LogP contribution is 2.45. The third kappa shape index (κ3) is 7.79. The lowest BCUT2D eigenvalue weighted by Crippen LogP contribution is -2.35. The second-order valence-electron chi connectivity index (χ2n) is 12.6. The zero-order chi connectivity index (χ0) is 28.3. The summed E-state index contributed by atoms with van der Waals surface area (Å²) in [5, 5.41) is 9.38. The number of methoxy groups -OCH3 is 1. The van der Waals surface area contributed by atoms with Gasteiger partial charge in [0.15, 0.2) is 0 Å². The first-order valence-electron chi connectivity index (χ1n) is 14.7. The predicted molar refractivity (Wildman–Crippen MR) is 172 cm³/mol. The van der Waals surface area contributed by atoms with Crippen LogP contribution >= 0.6 is 13.5 Å². The zero-order valence-corrected chi connectivity index (χ0v) is 25.9. The molecule has 0 spiro atoms. The van der Waals surface area contributed by atoms with Gasteiger partial charge in [-0.3, -0.25) is 4.79 Å². The van der Waals surface area contributed by atoms with Gasteiger partial charge in [-0.05, 0) is 89.8 Å². The Bertz CT molecular complexity index is 1300. The van der Waals surface area contributed by atoms with Crippen molar-refractivity contribution in [3.8, 4) is 22.6 Å². The number of anilines is 1. The van der Waals surface area contributed by atoms with Crippen molar-refractivity contribution in [2.75, 3.05) is 31.7 Å². The number of benzene rings is 3. The van der Waals surface area contributed by atoms with Crippen molar-refractivity contribution in [1.82, 2.24) is 0 Å². The summed E-state index contributed by atoms with van der Waals surface area (Å²) in [5.41, 5.74) is 6.24. The van der Waals surface area contributed by atoms with Gasteiger partial charge in [-0.15, -0.1) is 0 Å². The van der Waals surface area contributed by atoms with Gasteiger partial charge in [-0.25, -0.2) is 0 Å². The summed E-state index contributed by atoms with van der Waals surface area (Å²) in [6.45, 7) is 9.36. The fraction of sp³-hybridized carbons (Fsp3) is 0.457. The van der Waals surface area contributed by atoms with Gasteiger partial charge in [0.2, 0.25) is 0 Å². The lowest BCUT2D eigenvalue weighted by molar-refractivity contribution is -0.137. The van der Waals surface area contributed by atoms with E-state index in [2.05, 4.69) is 80.3 Å². The van der Waals surface area contributed by atoms with Gasteiger partial charge in [0.1, 0.15) is 11.5 Å². The number of nitrogens with zero attached hydrogens (tertiary/aromatic N) is 1. The molecule has 0 amide bonds. The minimum absolute atomic E-state index is 0. The molecular weight excluding hydrogens is 530 g/mol. The SMILES string of the molecule is COc1ccc(-c2ccc(C(C)(C)C)cc2)c(N2CCC(COc3cccc([C@@H](CC(=O)O)C4CC4)c3)CC2)c1.S. The number of carboxylic acid groups (broad SMARTS) is 1. The smallest absolute Gasteiger partial charge is 0.303 e. The predicted octanol–water partition coefficient (Wildman–Crippen LogP) is 8.04. The average Bonchev–Trinajstić information content (AvgIpc) is 3.80. The summed E-state index contributed by atoms with van der Waals surface area (Å²) in [5.74, 6) is 2.07. The van der Waals surface area contributed by atoms with Crippen molar-refractivity contribution in [1.29, 1.82) is 0 Å². The van der Waals surface area contributed by atoms with E-state index in [1.54, 1.807) is 7.11 Å². The van der Waals surface area contributed by atoms with E-state index in [4.69, 9.17) is 9.47 Å². The Labute approximate surface area is 252 Å². The molecule has 0 radical (unpaired) electrons. The molecule has 2 fully saturated rings. The minimum atomic E-state index is -0.726. The van der Waals surface area contributed by atoms with Crippen molar-refractivity contribution < 1.29 is 19.4 Å². The van der Waals surface area contributed by atoms with Crippen LogP contribution in [0.3, 0.4) is 0 Å². The molecular formula is C35H45NO4S. The van der Waals surface area contributed by atoms with Gasteiger partial charge >= 0.3 is 5.97 Å². The Morgan fingerprint density at radius 3 is 2.27 bits per heavy atom. The number of hydrogen-bond acceptors (Lipinski definition) is 4. The number of aliphatic carboxylic acids is 1. The van der Waals surface area contributed by atoms with Crippen molar-refractivity contribution in [2.45, 2.75) is 64.2 Å². The van der Waals surface area contributed by atoms with Crippen LogP contribution in [0.4, 0.5) is 5.69 Å². The number of ether oxygens (including phenoxy) is 2. The van der Waals surface area contributed by atoms with E-state index in [0.717, 1.165) is 55.8 Å². The second-order valence-corrected chi connectivity index (χ2v) is 12.6. The number of carbonyl (C=O) groups is 1. The highest BCUT2D eigenvalue weighted by Gasteiger charge is 2.34. The van der Waals surface area contributed by atoms with Crippen molar-refractivity contribution in [3.05, 3.63) is 77.9 Å². The van der Waals surface area contributed by atoms with Crippen molar-refractivity contribution in [3.63, 3.8) is 0 Å². The molecule has 2 aliphatic rings.